The lowest BCUT2D eigenvalue weighted by atomic mass is 9.87. The molecular formula is C28H36FN5O5S. The molecule has 10 nitrogen and oxygen atoms in total. The van der Waals surface area contributed by atoms with Gasteiger partial charge in [0.05, 0.1) is 52.1 Å². The smallest absolute Gasteiger partial charge is 0.312 e. The molecule has 40 heavy (non-hydrogen) atoms. The molecule has 0 N–H and O–H groups in total. The van der Waals surface area contributed by atoms with Crippen molar-refractivity contribution < 1.29 is 27.7 Å². The molecule has 0 amide bonds. The van der Waals surface area contributed by atoms with Crippen LogP contribution in [0.3, 0.4) is 0 Å². The highest BCUT2D eigenvalue weighted by Crippen LogP contribution is 2.48. The van der Waals surface area contributed by atoms with E-state index in [9.17, 15) is 13.8 Å². The maximum Gasteiger partial charge on any atom is 0.312 e. The Morgan fingerprint density at radius 3 is 2.48 bits per heavy atom. The van der Waals surface area contributed by atoms with E-state index in [1.165, 1.54) is 31.6 Å². The van der Waals surface area contributed by atoms with Crippen molar-refractivity contribution >= 4 is 27.2 Å². The van der Waals surface area contributed by atoms with Crippen molar-refractivity contribution in [1.29, 1.82) is 0 Å². The molecule has 0 aliphatic carbocycles. The van der Waals surface area contributed by atoms with Gasteiger partial charge in [0.15, 0.2) is 5.78 Å². The van der Waals surface area contributed by atoms with Crippen LogP contribution in [0, 0.1) is 5.82 Å². The molecule has 0 bridgehead atoms. The van der Waals surface area contributed by atoms with E-state index in [1.54, 1.807) is 41.5 Å². The summed E-state index contributed by atoms with van der Waals surface area (Å²) in [5.74, 6) is -1.25. The van der Waals surface area contributed by atoms with Crippen LogP contribution < -0.4 is 4.74 Å². The fourth-order valence-electron chi connectivity index (χ4n) is 5.22. The van der Waals surface area contributed by atoms with Gasteiger partial charge in [0.1, 0.15) is 28.3 Å². The lowest BCUT2D eigenvalue weighted by Gasteiger charge is -2.48. The molecule has 0 spiro atoms. The topological polar surface area (TPSA) is 133 Å². The van der Waals surface area contributed by atoms with E-state index in [2.05, 4.69) is 19.3 Å². The van der Waals surface area contributed by atoms with Crippen LogP contribution >= 0.6 is 0 Å². The van der Waals surface area contributed by atoms with E-state index < -0.39 is 42.7 Å². The predicted molar refractivity (Wildman–Crippen MR) is 149 cm³/mol. The number of nitrogens with zero attached hydrogens (tertiary/aromatic N) is 5. The van der Waals surface area contributed by atoms with Crippen molar-refractivity contribution in [2.45, 2.75) is 88.4 Å². The van der Waals surface area contributed by atoms with E-state index in [0.717, 1.165) is 0 Å². The normalized spacial score (nSPS) is 25.7. The Labute approximate surface area is 234 Å². The summed E-state index contributed by atoms with van der Waals surface area (Å²) in [6, 6.07) is 2.66. The summed E-state index contributed by atoms with van der Waals surface area (Å²) >= 11 is 0. The van der Waals surface area contributed by atoms with Crippen LogP contribution in [-0.2, 0) is 31.2 Å². The van der Waals surface area contributed by atoms with E-state index in [-0.39, 0.29) is 35.9 Å². The zero-order valence-corrected chi connectivity index (χ0v) is 24.8. The molecule has 3 atom stereocenters. The number of aromatic nitrogens is 3. The number of pyridine rings is 1. The molecule has 4 heterocycles. The number of aliphatic imine (C=N–C) groups is 1. The molecule has 0 saturated carbocycles. The van der Waals surface area contributed by atoms with Crippen LogP contribution in [-0.4, -0.2) is 65.9 Å². The number of carbonyl (C=O) groups is 2. The van der Waals surface area contributed by atoms with Crippen LogP contribution in [0.25, 0.3) is 0 Å². The Kier molecular flexibility index (Phi) is 7.87. The summed E-state index contributed by atoms with van der Waals surface area (Å²) in [6.45, 7) is 10.9. The number of methoxy groups -OCH3 is 1. The second kappa shape index (κ2) is 10.6. The van der Waals surface area contributed by atoms with Crippen molar-refractivity contribution in [2.75, 3.05) is 13.7 Å². The van der Waals surface area contributed by atoms with Gasteiger partial charge in [-0.05, 0) is 66.5 Å². The van der Waals surface area contributed by atoms with Gasteiger partial charge in [-0.2, -0.15) is 0 Å². The molecule has 0 fully saturated rings. The van der Waals surface area contributed by atoms with Gasteiger partial charge >= 0.3 is 5.97 Å². The first-order valence-corrected chi connectivity index (χ1v) is 14.8. The first-order valence-electron chi connectivity index (χ1n) is 13.2. The van der Waals surface area contributed by atoms with Gasteiger partial charge < -0.3 is 9.47 Å². The van der Waals surface area contributed by atoms with Crippen molar-refractivity contribution in [3.63, 3.8) is 0 Å². The second-order valence-corrected chi connectivity index (χ2v) is 14.7. The van der Waals surface area contributed by atoms with Crippen molar-refractivity contribution in [1.82, 2.24) is 15.0 Å². The summed E-state index contributed by atoms with van der Waals surface area (Å²) < 4.78 is 44.3. The Hall–Kier alpha value is -3.28. The van der Waals surface area contributed by atoms with Gasteiger partial charge in [-0.3, -0.25) is 19.6 Å². The maximum atomic E-state index is 15.6. The fraction of sp³-hybridized carbons (Fsp3) is 0.571. The van der Waals surface area contributed by atoms with Gasteiger partial charge in [-0.1, -0.05) is 0 Å². The standard InChI is InChI=1S/C28H36FN5O5S/c1-26(2,3)39-24(36)14-21-27(4,5)40(37)22(9-8-12-32-40)28(6,34-21)25-18(29)11-10-17(33-25)13-20(35)19-15-31-23(38-7)16-30-19/h10-11,15-16,22H,8-9,12-14H2,1-7H3/t22-,28+,40-/m1/s1. The quantitative estimate of drug-likeness (QED) is 0.355. The van der Waals surface area contributed by atoms with Crippen molar-refractivity contribution in [2.24, 2.45) is 9.36 Å². The molecule has 2 aromatic rings. The zero-order chi connectivity index (χ0) is 29.5. The summed E-state index contributed by atoms with van der Waals surface area (Å²) in [5.41, 5.74) is -1.41. The number of esters is 1. The van der Waals surface area contributed by atoms with Crippen LogP contribution in [0.5, 0.6) is 5.88 Å². The van der Waals surface area contributed by atoms with Crippen LogP contribution in [0.1, 0.15) is 82.7 Å². The molecular weight excluding hydrogens is 537 g/mol. The molecule has 0 radical (unpaired) electrons. The number of rotatable bonds is 7. The molecule has 2 aliphatic rings. The molecule has 0 unspecified atom stereocenters. The van der Waals surface area contributed by atoms with Crippen molar-refractivity contribution in [3.8, 4) is 5.88 Å². The highest BCUT2D eigenvalue weighted by molar-refractivity contribution is 7.96. The van der Waals surface area contributed by atoms with Crippen LogP contribution in [0.4, 0.5) is 4.39 Å². The van der Waals surface area contributed by atoms with E-state index >= 15 is 4.39 Å². The van der Waals surface area contributed by atoms with E-state index in [1.807, 2.05) is 0 Å². The van der Waals surface area contributed by atoms with Crippen molar-refractivity contribution in [3.05, 3.63) is 47.4 Å². The third-order valence-electron chi connectivity index (χ3n) is 7.29. The molecule has 0 saturated heterocycles. The van der Waals surface area contributed by atoms with E-state index in [4.69, 9.17) is 14.5 Å². The predicted octanol–water partition coefficient (Wildman–Crippen LogP) is 4.26. The number of hydrogen-bond acceptors (Lipinski definition) is 10. The number of Topliss-reactive ketones (excluding diaryl/α,β-unsaturated/α-hetero) is 1. The number of fused-ring (bicyclic) bond motifs is 1. The third kappa shape index (κ3) is 5.50. The third-order valence-corrected chi connectivity index (χ3v) is 11.0. The largest absolute Gasteiger partial charge is 0.480 e. The average molecular weight is 574 g/mol. The number of ketones is 1. The zero-order valence-electron chi connectivity index (χ0n) is 24.0. The first-order chi connectivity index (χ1) is 18.6. The van der Waals surface area contributed by atoms with Gasteiger partial charge in [-0.15, -0.1) is 0 Å². The highest BCUT2D eigenvalue weighted by atomic mass is 32.2. The highest BCUT2D eigenvalue weighted by Gasteiger charge is 2.57. The Bertz CT molecular complexity index is 1470. The number of carbonyl (C=O) groups excluding carboxylic acids is 2. The number of hydrogen-bond donors (Lipinski definition) is 0. The molecule has 0 aromatic carbocycles. The summed E-state index contributed by atoms with van der Waals surface area (Å²) in [6.07, 6.45) is 3.44. The first kappa shape index (κ1) is 29.7. The Morgan fingerprint density at radius 1 is 1.12 bits per heavy atom. The number of ether oxygens (including phenoxy) is 2. The van der Waals surface area contributed by atoms with Gasteiger partial charge in [0.2, 0.25) is 5.88 Å². The lowest BCUT2D eigenvalue weighted by molar-refractivity contribution is -0.153. The molecule has 2 aromatic heterocycles. The minimum Gasteiger partial charge on any atom is -0.480 e. The summed E-state index contributed by atoms with van der Waals surface area (Å²) in [7, 11) is -1.58. The molecule has 216 valence electrons. The fourth-order valence-corrected chi connectivity index (χ4v) is 8.56. The minimum absolute atomic E-state index is 0.0365. The SMILES string of the molecule is COc1cnc(C(=O)Cc2ccc(F)c([C@@]3(C)N=C(CC(=O)OC(C)(C)C)C(C)(C)[S@@]4(=O)=NCCC[C@H]34)n2)cn1. The van der Waals surface area contributed by atoms with Gasteiger partial charge in [0, 0.05) is 18.0 Å². The minimum atomic E-state index is -3.02. The maximum absolute atomic E-state index is 15.6. The molecule has 4 rings (SSSR count). The van der Waals surface area contributed by atoms with Crippen LogP contribution in [0.2, 0.25) is 0 Å². The average Bonchev–Trinajstić information content (AvgIpc) is 2.87. The lowest BCUT2D eigenvalue weighted by Crippen LogP contribution is -2.59. The summed E-state index contributed by atoms with van der Waals surface area (Å²) in [5, 5.41) is -0.647. The Balaban J connectivity index is 1.78. The number of halogens is 1. The van der Waals surface area contributed by atoms with Crippen LogP contribution in [0.15, 0.2) is 33.9 Å². The summed E-state index contributed by atoms with van der Waals surface area (Å²) in [4.78, 5) is 43.4. The molecule has 12 heteroatoms. The monoisotopic (exact) mass is 573 g/mol. The second-order valence-electron chi connectivity index (χ2n) is 11.7. The molecule has 2 aliphatic heterocycles. The van der Waals surface area contributed by atoms with E-state index in [0.29, 0.717) is 30.8 Å². The van der Waals surface area contributed by atoms with Gasteiger partial charge in [-0.25, -0.2) is 22.9 Å². The van der Waals surface area contributed by atoms with Gasteiger partial charge in [0.25, 0.3) is 0 Å². The Morgan fingerprint density at radius 2 is 1.85 bits per heavy atom.